The number of ether oxygens (including phenoxy) is 1. The van der Waals surface area contributed by atoms with Gasteiger partial charge in [0.2, 0.25) is 0 Å². The summed E-state index contributed by atoms with van der Waals surface area (Å²) in [5.41, 5.74) is 1.00. The van der Waals surface area contributed by atoms with Crippen LogP contribution in [0.15, 0.2) is 42.9 Å². The number of hydrogen-bond donors (Lipinski definition) is 0. The van der Waals surface area contributed by atoms with Crippen LogP contribution in [-0.2, 0) is 11.2 Å². The normalized spacial score (nSPS) is 19.3. The first-order valence-electron chi connectivity index (χ1n) is 7.14. The summed E-state index contributed by atoms with van der Waals surface area (Å²) in [6.45, 7) is 3.01. The molecule has 1 aromatic carbocycles. The van der Waals surface area contributed by atoms with Crippen LogP contribution in [0.3, 0.4) is 0 Å². The van der Waals surface area contributed by atoms with Gasteiger partial charge in [0.15, 0.2) is 0 Å². The van der Waals surface area contributed by atoms with Crippen LogP contribution in [-0.4, -0.2) is 36.3 Å². The predicted octanol–water partition coefficient (Wildman–Crippen LogP) is 2.31. The molecule has 4 nitrogen and oxygen atoms in total. The van der Waals surface area contributed by atoms with Gasteiger partial charge >= 0.3 is 0 Å². The molecule has 1 aromatic heterocycles. The smallest absolute Gasteiger partial charge is 0.147 e. The second kappa shape index (κ2) is 6.63. The van der Waals surface area contributed by atoms with Crippen molar-refractivity contribution in [3.8, 4) is 0 Å². The van der Waals surface area contributed by atoms with Crippen LogP contribution < -0.4 is 4.90 Å². The summed E-state index contributed by atoms with van der Waals surface area (Å²) in [7, 11) is 0. The van der Waals surface area contributed by atoms with Gasteiger partial charge in [0.25, 0.3) is 0 Å². The minimum Gasteiger partial charge on any atom is -0.379 e. The number of halogens is 1. The molecule has 0 radical (unpaired) electrons. The third-order valence-electron chi connectivity index (χ3n) is 3.62. The summed E-state index contributed by atoms with van der Waals surface area (Å²) in [4.78, 5) is 10.6. The zero-order valence-electron chi connectivity index (χ0n) is 11.8. The molecule has 1 aliphatic heterocycles. The molecule has 0 saturated carbocycles. The Morgan fingerprint density at radius 2 is 2.29 bits per heavy atom. The summed E-state index contributed by atoms with van der Waals surface area (Å²) in [6, 6.07) is 6.78. The van der Waals surface area contributed by atoms with Crippen molar-refractivity contribution >= 4 is 5.82 Å². The first-order valence-corrected chi connectivity index (χ1v) is 7.14. The number of anilines is 1. The highest BCUT2D eigenvalue weighted by Crippen LogP contribution is 2.18. The van der Waals surface area contributed by atoms with E-state index in [2.05, 4.69) is 14.9 Å². The number of rotatable bonds is 3. The standard InChI is InChI=1S/C16H18FN3O/c17-15-3-1-2-13(9-15)8-14-11-20(6-7-21-12-14)16-10-18-4-5-19-16/h1-5,9-10,14H,6-8,11-12H2/t14-/m0/s1. The highest BCUT2D eigenvalue weighted by Gasteiger charge is 2.20. The van der Waals surface area contributed by atoms with E-state index in [9.17, 15) is 4.39 Å². The Kier molecular flexibility index (Phi) is 4.40. The van der Waals surface area contributed by atoms with Gasteiger partial charge in [0.05, 0.1) is 19.4 Å². The van der Waals surface area contributed by atoms with E-state index < -0.39 is 0 Å². The molecule has 0 unspecified atom stereocenters. The van der Waals surface area contributed by atoms with Crippen molar-refractivity contribution in [2.24, 2.45) is 5.92 Å². The average Bonchev–Trinajstić information content (AvgIpc) is 2.74. The van der Waals surface area contributed by atoms with E-state index >= 15 is 0 Å². The summed E-state index contributed by atoms with van der Waals surface area (Å²) in [6.07, 6.45) is 5.93. The Bertz CT molecular complexity index is 579. The molecule has 1 atom stereocenters. The monoisotopic (exact) mass is 287 g/mol. The fraction of sp³-hybridized carbons (Fsp3) is 0.375. The Balaban J connectivity index is 1.70. The maximum absolute atomic E-state index is 13.3. The fourth-order valence-electron chi connectivity index (χ4n) is 2.66. The van der Waals surface area contributed by atoms with Gasteiger partial charge in [-0.05, 0) is 24.1 Å². The van der Waals surface area contributed by atoms with E-state index in [1.54, 1.807) is 30.7 Å². The van der Waals surface area contributed by atoms with Crippen molar-refractivity contribution in [2.45, 2.75) is 6.42 Å². The molecule has 0 spiro atoms. The zero-order valence-corrected chi connectivity index (χ0v) is 11.8. The summed E-state index contributed by atoms with van der Waals surface area (Å²) >= 11 is 0. The van der Waals surface area contributed by atoms with Crippen LogP contribution in [0, 0.1) is 11.7 Å². The lowest BCUT2D eigenvalue weighted by Gasteiger charge is -2.24. The van der Waals surface area contributed by atoms with Crippen molar-refractivity contribution in [1.29, 1.82) is 0 Å². The molecule has 0 amide bonds. The molecule has 0 aliphatic carbocycles. The number of benzene rings is 1. The van der Waals surface area contributed by atoms with E-state index in [-0.39, 0.29) is 5.82 Å². The van der Waals surface area contributed by atoms with Gasteiger partial charge in [-0.1, -0.05) is 12.1 Å². The third-order valence-corrected chi connectivity index (χ3v) is 3.62. The predicted molar refractivity (Wildman–Crippen MR) is 78.7 cm³/mol. The minimum absolute atomic E-state index is 0.187. The van der Waals surface area contributed by atoms with Gasteiger partial charge in [-0.3, -0.25) is 4.98 Å². The fourth-order valence-corrected chi connectivity index (χ4v) is 2.66. The maximum atomic E-state index is 13.3. The van der Waals surface area contributed by atoms with Gasteiger partial charge in [-0.2, -0.15) is 0 Å². The summed E-state index contributed by atoms with van der Waals surface area (Å²) in [5, 5.41) is 0. The first kappa shape index (κ1) is 13.9. The van der Waals surface area contributed by atoms with Gasteiger partial charge < -0.3 is 9.64 Å². The number of nitrogens with zero attached hydrogens (tertiary/aromatic N) is 3. The molecule has 5 heteroatoms. The van der Waals surface area contributed by atoms with E-state index in [1.807, 2.05) is 6.07 Å². The largest absolute Gasteiger partial charge is 0.379 e. The van der Waals surface area contributed by atoms with E-state index in [0.29, 0.717) is 19.1 Å². The van der Waals surface area contributed by atoms with E-state index in [4.69, 9.17) is 4.74 Å². The molecule has 1 saturated heterocycles. The van der Waals surface area contributed by atoms with Gasteiger partial charge in [0, 0.05) is 31.4 Å². The molecule has 110 valence electrons. The van der Waals surface area contributed by atoms with Crippen molar-refractivity contribution < 1.29 is 9.13 Å². The maximum Gasteiger partial charge on any atom is 0.147 e. The van der Waals surface area contributed by atoms with Crippen molar-refractivity contribution in [3.05, 3.63) is 54.2 Å². The molecule has 2 aromatic rings. The van der Waals surface area contributed by atoms with Crippen molar-refractivity contribution in [3.63, 3.8) is 0 Å². The Morgan fingerprint density at radius 3 is 3.10 bits per heavy atom. The van der Waals surface area contributed by atoms with E-state index in [1.165, 1.54) is 6.07 Å². The summed E-state index contributed by atoms with van der Waals surface area (Å²) in [5.74, 6) is 0.997. The number of aromatic nitrogens is 2. The topological polar surface area (TPSA) is 38.2 Å². The lowest BCUT2D eigenvalue weighted by Crippen LogP contribution is -2.31. The number of hydrogen-bond acceptors (Lipinski definition) is 4. The van der Waals surface area contributed by atoms with Crippen LogP contribution in [0.2, 0.25) is 0 Å². The van der Waals surface area contributed by atoms with Gasteiger partial charge in [0.1, 0.15) is 11.6 Å². The first-order chi connectivity index (χ1) is 10.3. The SMILES string of the molecule is Fc1cccc(C[C@@H]2COCCN(c3cnccn3)C2)c1. The second-order valence-corrected chi connectivity index (χ2v) is 5.28. The van der Waals surface area contributed by atoms with Crippen molar-refractivity contribution in [1.82, 2.24) is 9.97 Å². The lowest BCUT2D eigenvalue weighted by molar-refractivity contribution is 0.123. The molecule has 2 heterocycles. The van der Waals surface area contributed by atoms with Crippen molar-refractivity contribution in [2.75, 3.05) is 31.2 Å². The molecule has 1 fully saturated rings. The van der Waals surface area contributed by atoms with Gasteiger partial charge in [-0.25, -0.2) is 9.37 Å². The molecular formula is C16H18FN3O. The Labute approximate surface area is 123 Å². The summed E-state index contributed by atoms with van der Waals surface area (Å²) < 4.78 is 19.0. The lowest BCUT2D eigenvalue weighted by atomic mass is 9.99. The molecule has 3 rings (SSSR count). The second-order valence-electron chi connectivity index (χ2n) is 5.28. The van der Waals surface area contributed by atoms with Crippen LogP contribution in [0.4, 0.5) is 10.2 Å². The molecule has 1 aliphatic rings. The quantitative estimate of drug-likeness (QED) is 0.868. The molecule has 0 N–H and O–H groups in total. The van der Waals surface area contributed by atoms with Crippen LogP contribution in [0.25, 0.3) is 0 Å². The highest BCUT2D eigenvalue weighted by atomic mass is 19.1. The van der Waals surface area contributed by atoms with Crippen LogP contribution in [0.5, 0.6) is 0 Å². The molecular weight excluding hydrogens is 269 g/mol. The van der Waals surface area contributed by atoms with Gasteiger partial charge in [-0.15, -0.1) is 0 Å². The molecule has 21 heavy (non-hydrogen) atoms. The highest BCUT2D eigenvalue weighted by molar-refractivity contribution is 5.35. The van der Waals surface area contributed by atoms with Crippen LogP contribution in [0.1, 0.15) is 5.56 Å². The Hall–Kier alpha value is -2.01. The molecule has 0 bridgehead atoms. The zero-order chi connectivity index (χ0) is 14.5. The van der Waals surface area contributed by atoms with E-state index in [0.717, 1.165) is 30.9 Å². The Morgan fingerprint density at radius 1 is 1.33 bits per heavy atom. The average molecular weight is 287 g/mol. The minimum atomic E-state index is -0.187. The third kappa shape index (κ3) is 3.76. The van der Waals surface area contributed by atoms with Crippen LogP contribution >= 0.6 is 0 Å².